The monoisotopic (exact) mass is 630 g/mol. The summed E-state index contributed by atoms with van der Waals surface area (Å²) in [5.41, 5.74) is 2.33. The molecule has 9 heteroatoms. The van der Waals surface area contributed by atoms with E-state index in [0.29, 0.717) is 36.6 Å². The number of hydrogen-bond acceptors (Lipinski definition) is 6. The maximum atomic E-state index is 13.6. The van der Waals surface area contributed by atoms with Gasteiger partial charge < -0.3 is 14.9 Å². The third-order valence-electron chi connectivity index (χ3n) is 11.4. The van der Waals surface area contributed by atoms with E-state index in [1.807, 2.05) is 0 Å². The van der Waals surface area contributed by atoms with Crippen molar-refractivity contribution in [3.8, 4) is 0 Å². The third kappa shape index (κ3) is 7.63. The molecule has 4 fully saturated rings. The molecule has 9 nitrogen and oxygen atoms in total. The molecule has 5 atom stereocenters. The minimum atomic E-state index is -0.659. The van der Waals surface area contributed by atoms with Gasteiger partial charge in [-0.2, -0.15) is 0 Å². The number of carboxylic acid groups (broad SMARTS) is 1. The highest BCUT2D eigenvalue weighted by atomic mass is 16.6. The van der Waals surface area contributed by atoms with Gasteiger partial charge in [0.1, 0.15) is 6.04 Å². The fourth-order valence-electron chi connectivity index (χ4n) is 8.73. The van der Waals surface area contributed by atoms with Crippen LogP contribution in [0.4, 0.5) is 5.69 Å². The first-order valence-corrected chi connectivity index (χ1v) is 17.6. The number of carbonyl (C=O) groups is 2. The van der Waals surface area contributed by atoms with Crippen molar-refractivity contribution >= 4 is 17.6 Å². The average Bonchev–Trinajstić information content (AvgIpc) is 3.64. The normalized spacial score (nSPS) is 26.9. The van der Waals surface area contributed by atoms with Crippen molar-refractivity contribution in [3.05, 3.63) is 75.8 Å². The summed E-state index contributed by atoms with van der Waals surface area (Å²) in [7, 11) is 0. The van der Waals surface area contributed by atoms with Crippen LogP contribution in [-0.2, 0) is 16.0 Å². The van der Waals surface area contributed by atoms with Gasteiger partial charge in [-0.1, -0.05) is 68.7 Å². The van der Waals surface area contributed by atoms with Gasteiger partial charge in [-0.15, -0.1) is 0 Å². The number of nitro groups is 1. The van der Waals surface area contributed by atoms with Crippen LogP contribution in [0.3, 0.4) is 0 Å². The maximum absolute atomic E-state index is 13.6. The second-order valence-corrected chi connectivity index (χ2v) is 14.4. The number of piperidine rings is 1. The van der Waals surface area contributed by atoms with Gasteiger partial charge in [0.25, 0.3) is 5.69 Å². The molecule has 0 bridgehead atoms. The van der Waals surface area contributed by atoms with Gasteiger partial charge in [0, 0.05) is 69.3 Å². The topological polar surface area (TPSA) is 107 Å². The SMILES string of the molecule is CC1CC1N(C(=O)CCc1ccc([N+](=O)[O-])cc1)C1CCN(C[C@H]2CN([C@@H](C(=O)O)C3CCCCC3)C[C@@H]2c2ccccc2)CC1. The van der Waals surface area contributed by atoms with Gasteiger partial charge in [0.2, 0.25) is 5.91 Å². The van der Waals surface area contributed by atoms with Crippen LogP contribution in [0.15, 0.2) is 54.6 Å². The summed E-state index contributed by atoms with van der Waals surface area (Å²) < 4.78 is 0. The van der Waals surface area contributed by atoms with Crippen molar-refractivity contribution in [3.63, 3.8) is 0 Å². The molecule has 0 radical (unpaired) electrons. The molecule has 2 unspecified atom stereocenters. The molecular formula is C37H50N4O5. The highest BCUT2D eigenvalue weighted by Gasteiger charge is 2.46. The van der Waals surface area contributed by atoms with Crippen molar-refractivity contribution in [2.45, 2.75) is 95.2 Å². The third-order valence-corrected chi connectivity index (χ3v) is 11.4. The Morgan fingerprint density at radius 1 is 0.978 bits per heavy atom. The molecule has 4 aliphatic rings. The highest BCUT2D eigenvalue weighted by Crippen LogP contribution is 2.41. The van der Waals surface area contributed by atoms with Gasteiger partial charge in [0.05, 0.1) is 4.92 Å². The highest BCUT2D eigenvalue weighted by molar-refractivity contribution is 5.77. The number of benzene rings is 2. The van der Waals surface area contributed by atoms with E-state index in [0.717, 1.165) is 83.2 Å². The molecule has 1 N–H and O–H groups in total. The number of carboxylic acids is 1. The Bertz CT molecular complexity index is 1340. The van der Waals surface area contributed by atoms with E-state index in [1.54, 1.807) is 12.1 Å². The summed E-state index contributed by atoms with van der Waals surface area (Å²) in [5, 5.41) is 21.4. The predicted molar refractivity (Wildman–Crippen MR) is 178 cm³/mol. The summed E-state index contributed by atoms with van der Waals surface area (Å²) >= 11 is 0. The molecule has 248 valence electrons. The number of carbonyl (C=O) groups excluding carboxylic acids is 1. The van der Waals surface area contributed by atoms with Gasteiger partial charge in [0.15, 0.2) is 0 Å². The van der Waals surface area contributed by atoms with Gasteiger partial charge >= 0.3 is 5.97 Å². The first kappa shape index (κ1) is 32.6. The smallest absolute Gasteiger partial charge is 0.321 e. The molecule has 2 saturated carbocycles. The lowest BCUT2D eigenvalue weighted by molar-refractivity contribution is -0.384. The van der Waals surface area contributed by atoms with E-state index in [4.69, 9.17) is 0 Å². The number of hydrogen-bond donors (Lipinski definition) is 1. The predicted octanol–water partition coefficient (Wildman–Crippen LogP) is 5.98. The van der Waals surface area contributed by atoms with E-state index in [9.17, 15) is 24.8 Å². The zero-order chi connectivity index (χ0) is 32.2. The first-order chi connectivity index (χ1) is 22.3. The van der Waals surface area contributed by atoms with Crippen LogP contribution in [0.5, 0.6) is 0 Å². The molecule has 1 amide bonds. The van der Waals surface area contributed by atoms with E-state index in [1.165, 1.54) is 24.1 Å². The second-order valence-electron chi connectivity index (χ2n) is 14.4. The zero-order valence-corrected chi connectivity index (χ0v) is 27.2. The summed E-state index contributed by atoms with van der Waals surface area (Å²) in [6.07, 6.45) is 9.51. The lowest BCUT2D eigenvalue weighted by Gasteiger charge is -2.40. The first-order valence-electron chi connectivity index (χ1n) is 17.6. The molecule has 6 rings (SSSR count). The van der Waals surface area contributed by atoms with Crippen molar-refractivity contribution in [2.75, 3.05) is 32.7 Å². The lowest BCUT2D eigenvalue weighted by atomic mass is 9.83. The van der Waals surface area contributed by atoms with Gasteiger partial charge in [-0.05, 0) is 67.4 Å². The van der Waals surface area contributed by atoms with E-state index in [2.05, 4.69) is 52.0 Å². The molecule has 2 saturated heterocycles. The molecule has 2 aromatic carbocycles. The molecular weight excluding hydrogens is 580 g/mol. The Labute approximate surface area is 273 Å². The fraction of sp³-hybridized carbons (Fsp3) is 0.622. The van der Waals surface area contributed by atoms with Crippen LogP contribution in [-0.4, -0.2) is 87.5 Å². The number of aryl methyl sites for hydroxylation is 1. The number of non-ortho nitro benzene ring substituents is 1. The van der Waals surface area contributed by atoms with Crippen LogP contribution in [0.2, 0.25) is 0 Å². The van der Waals surface area contributed by atoms with Crippen molar-refractivity contribution in [1.82, 2.24) is 14.7 Å². The minimum Gasteiger partial charge on any atom is -0.480 e. The van der Waals surface area contributed by atoms with E-state index >= 15 is 0 Å². The van der Waals surface area contributed by atoms with Crippen LogP contribution in [0.1, 0.15) is 81.8 Å². The molecule has 46 heavy (non-hydrogen) atoms. The number of amides is 1. The lowest BCUT2D eigenvalue weighted by Crippen LogP contribution is -2.50. The summed E-state index contributed by atoms with van der Waals surface area (Å²) in [4.78, 5) is 43.9. The van der Waals surface area contributed by atoms with E-state index < -0.39 is 16.9 Å². The molecule has 0 aromatic heterocycles. The summed E-state index contributed by atoms with van der Waals surface area (Å²) in [6.45, 7) is 6.69. The maximum Gasteiger partial charge on any atom is 0.321 e. The Morgan fingerprint density at radius 3 is 2.26 bits per heavy atom. The van der Waals surface area contributed by atoms with Crippen molar-refractivity contribution < 1.29 is 19.6 Å². The quantitative estimate of drug-likeness (QED) is 0.227. The molecule has 2 heterocycles. The Kier molecular flexibility index (Phi) is 10.4. The second kappa shape index (κ2) is 14.6. The molecule has 2 aliphatic carbocycles. The number of nitro benzene ring substituents is 1. The Hall–Kier alpha value is -3.30. The van der Waals surface area contributed by atoms with Crippen LogP contribution < -0.4 is 0 Å². The molecule has 0 spiro atoms. The minimum absolute atomic E-state index is 0.0709. The Balaban J connectivity index is 1.08. The number of nitrogens with zero attached hydrogens (tertiary/aromatic N) is 4. The zero-order valence-electron chi connectivity index (χ0n) is 27.2. The Morgan fingerprint density at radius 2 is 1.65 bits per heavy atom. The van der Waals surface area contributed by atoms with Crippen molar-refractivity contribution in [1.29, 1.82) is 0 Å². The average molecular weight is 631 g/mol. The van der Waals surface area contributed by atoms with Gasteiger partial charge in [-0.25, -0.2) is 0 Å². The standard InChI is InChI=1S/C37H50N4O5/c1-26-22-34(26)40(35(42)17-14-27-12-15-32(16-13-27)41(45)46)31-18-20-38(21-19-31)23-30-24-39(25-33(30)28-8-4-2-5-9-28)36(37(43)44)29-10-6-3-7-11-29/h2,4-5,8-9,12-13,15-16,26,29-31,33-34,36H,3,6-7,10-11,14,17-25H2,1H3,(H,43,44)/t26?,30-,33+,34?,36+/m0/s1. The van der Waals surface area contributed by atoms with E-state index in [-0.39, 0.29) is 23.6 Å². The molecule has 2 aromatic rings. The summed E-state index contributed by atoms with van der Waals surface area (Å²) in [6, 6.07) is 17.4. The van der Waals surface area contributed by atoms with Crippen LogP contribution in [0, 0.1) is 27.9 Å². The summed E-state index contributed by atoms with van der Waals surface area (Å²) in [5.74, 6) is 0.994. The fourth-order valence-corrected chi connectivity index (χ4v) is 8.73. The number of likely N-dealkylation sites (tertiary alicyclic amines) is 2. The number of rotatable bonds is 12. The number of aliphatic carboxylic acids is 1. The van der Waals surface area contributed by atoms with Crippen LogP contribution >= 0.6 is 0 Å². The largest absolute Gasteiger partial charge is 0.480 e. The van der Waals surface area contributed by atoms with Gasteiger partial charge in [-0.3, -0.25) is 24.6 Å². The molecule has 2 aliphatic heterocycles. The van der Waals surface area contributed by atoms with Crippen LogP contribution in [0.25, 0.3) is 0 Å². The van der Waals surface area contributed by atoms with Crippen molar-refractivity contribution in [2.24, 2.45) is 17.8 Å².